The van der Waals surface area contributed by atoms with Crippen LogP contribution >= 0.6 is 11.8 Å². The monoisotopic (exact) mass is 397 g/mol. The van der Waals surface area contributed by atoms with Crippen molar-refractivity contribution in [1.29, 1.82) is 0 Å². The quantitative estimate of drug-likeness (QED) is 0.603. The van der Waals surface area contributed by atoms with Crippen molar-refractivity contribution < 1.29 is 27.9 Å². The average molecular weight is 397 g/mol. The highest BCUT2D eigenvalue weighted by molar-refractivity contribution is 8.15. The van der Waals surface area contributed by atoms with Gasteiger partial charge in [-0.3, -0.25) is 4.79 Å². The van der Waals surface area contributed by atoms with Crippen molar-refractivity contribution in [3.05, 3.63) is 35.9 Å². The van der Waals surface area contributed by atoms with Crippen LogP contribution in [0, 0.1) is 0 Å². The fraction of sp³-hybridized carbons (Fsp3) is 0.438. The summed E-state index contributed by atoms with van der Waals surface area (Å²) in [5.41, 5.74) is 0.978. The third-order valence-corrected chi connectivity index (χ3v) is 7.28. The van der Waals surface area contributed by atoms with Gasteiger partial charge in [-0.2, -0.15) is 4.99 Å². The summed E-state index contributed by atoms with van der Waals surface area (Å²) >= 11 is 1.27. The number of amides is 1. The van der Waals surface area contributed by atoms with E-state index in [1.807, 2.05) is 35.2 Å². The van der Waals surface area contributed by atoms with Gasteiger partial charge in [-0.15, -0.1) is 0 Å². The number of rotatable bonds is 6. The molecule has 1 aromatic carbocycles. The van der Waals surface area contributed by atoms with Gasteiger partial charge in [0.2, 0.25) is 0 Å². The van der Waals surface area contributed by atoms with E-state index >= 15 is 0 Å². The number of aliphatic imine (C=N–C) groups is 1. The molecule has 2 fully saturated rings. The minimum atomic E-state index is -3.11. The van der Waals surface area contributed by atoms with E-state index in [0.29, 0.717) is 11.7 Å². The molecule has 2 aliphatic heterocycles. The van der Waals surface area contributed by atoms with Crippen molar-refractivity contribution >= 4 is 38.6 Å². The van der Waals surface area contributed by atoms with E-state index < -0.39 is 34.9 Å². The molecule has 26 heavy (non-hydrogen) atoms. The first-order chi connectivity index (χ1) is 12.3. The lowest BCUT2D eigenvalue weighted by Crippen LogP contribution is -2.37. The van der Waals surface area contributed by atoms with Crippen LogP contribution in [0.2, 0.25) is 0 Å². The van der Waals surface area contributed by atoms with Crippen molar-refractivity contribution in [1.82, 2.24) is 4.90 Å². The van der Waals surface area contributed by atoms with E-state index in [1.165, 1.54) is 11.8 Å². The lowest BCUT2D eigenvalue weighted by Gasteiger charge is -2.24. The highest BCUT2D eigenvalue weighted by atomic mass is 32.2. The number of carboxylic acid groups (broad SMARTS) is 1. The first-order valence-electron chi connectivity index (χ1n) is 7.91. The van der Waals surface area contributed by atoms with Gasteiger partial charge in [0, 0.05) is 11.8 Å². The average Bonchev–Trinajstić information content (AvgIpc) is 3.01. The van der Waals surface area contributed by atoms with Gasteiger partial charge in [0.25, 0.3) is 5.91 Å². The second-order valence-corrected chi connectivity index (χ2v) is 9.43. The fourth-order valence-electron chi connectivity index (χ4n) is 2.96. The maximum absolute atomic E-state index is 11.9. The number of benzene rings is 1. The molecule has 0 saturated carbocycles. The lowest BCUT2D eigenvalue weighted by atomic mass is 10.1. The molecule has 2 saturated heterocycles. The molecule has 2 atom stereocenters. The number of nitrogens with zero attached hydrogens (tertiary/aromatic N) is 2. The van der Waals surface area contributed by atoms with Crippen LogP contribution in [-0.4, -0.2) is 66.4 Å². The van der Waals surface area contributed by atoms with Crippen LogP contribution in [0.3, 0.4) is 0 Å². The summed E-state index contributed by atoms with van der Waals surface area (Å²) in [5, 5.41) is 10.6. The van der Waals surface area contributed by atoms with E-state index in [-0.39, 0.29) is 22.8 Å². The maximum Gasteiger partial charge on any atom is 0.274 e. The Morgan fingerprint density at radius 2 is 1.96 bits per heavy atom. The third kappa shape index (κ3) is 4.63. The van der Waals surface area contributed by atoms with E-state index in [2.05, 4.69) is 4.99 Å². The van der Waals surface area contributed by atoms with E-state index in [1.54, 1.807) is 0 Å². The number of hydrogen-bond donors (Lipinski definition) is 0. The third-order valence-electron chi connectivity index (χ3n) is 4.04. The smallest absolute Gasteiger partial charge is 0.274 e. The van der Waals surface area contributed by atoms with E-state index in [0.717, 1.165) is 5.56 Å². The molecule has 140 valence electrons. The van der Waals surface area contributed by atoms with Gasteiger partial charge < -0.3 is 19.5 Å². The molecule has 2 aliphatic rings. The molecule has 1 aromatic rings. The lowest BCUT2D eigenvalue weighted by molar-refractivity contribution is -0.309. The summed E-state index contributed by atoms with van der Waals surface area (Å²) in [6.45, 7) is -0.706. The van der Waals surface area contributed by atoms with Crippen LogP contribution in [0.15, 0.2) is 35.3 Å². The molecule has 2 heterocycles. The molecular weight excluding hydrogens is 380 g/mol. The number of thioether (sulfide) groups is 1. The predicted octanol–water partition coefficient (Wildman–Crippen LogP) is -0.950. The van der Waals surface area contributed by atoms with Crippen LogP contribution in [0.25, 0.3) is 0 Å². The zero-order valence-corrected chi connectivity index (χ0v) is 15.4. The second-order valence-electron chi connectivity index (χ2n) is 6.07. The molecule has 3 rings (SSSR count). The molecule has 0 aliphatic carbocycles. The van der Waals surface area contributed by atoms with Crippen LogP contribution in [0.1, 0.15) is 5.56 Å². The molecule has 8 nitrogen and oxygen atoms in total. The summed E-state index contributed by atoms with van der Waals surface area (Å²) in [5.74, 6) is -1.94. The molecule has 0 radical (unpaired) electrons. The summed E-state index contributed by atoms with van der Waals surface area (Å²) in [4.78, 5) is 28.1. The number of sulfone groups is 1. The van der Waals surface area contributed by atoms with Crippen molar-refractivity contribution in [3.63, 3.8) is 0 Å². The van der Waals surface area contributed by atoms with Crippen LogP contribution in [0.5, 0.6) is 0 Å². The molecule has 0 unspecified atom stereocenters. The highest BCUT2D eigenvalue weighted by Gasteiger charge is 2.48. The molecule has 0 aromatic heterocycles. The van der Waals surface area contributed by atoms with Gasteiger partial charge in [0.15, 0.2) is 15.0 Å². The number of amidine groups is 1. The van der Waals surface area contributed by atoms with E-state index in [9.17, 15) is 23.1 Å². The van der Waals surface area contributed by atoms with Gasteiger partial charge >= 0.3 is 0 Å². The summed E-state index contributed by atoms with van der Waals surface area (Å²) in [6, 6.07) is 9.27. The predicted molar refractivity (Wildman–Crippen MR) is 94.1 cm³/mol. The number of carbonyl (C=O) groups is 2. The standard InChI is InChI=1S/C16H18N2O6S2/c19-14(7-24-8-15(20)21)17-16-18(6-11-4-2-1-3-5-11)12-9-26(22,23)10-13(12)25-16/h1-5,12-13H,6-10H2,(H,20,21)/p-1/t12-,13+/m1/s1. The Kier molecular flexibility index (Phi) is 5.64. The second kappa shape index (κ2) is 7.77. The number of hydrogen-bond acceptors (Lipinski definition) is 7. The minimum Gasteiger partial charge on any atom is -0.548 e. The fourth-order valence-corrected chi connectivity index (χ4v) is 6.93. The number of carbonyl (C=O) groups excluding carboxylic acids is 2. The Morgan fingerprint density at radius 3 is 2.65 bits per heavy atom. The van der Waals surface area contributed by atoms with E-state index in [4.69, 9.17) is 4.74 Å². The molecule has 1 amide bonds. The highest BCUT2D eigenvalue weighted by Crippen LogP contribution is 2.38. The summed E-state index contributed by atoms with van der Waals surface area (Å²) in [6.07, 6.45) is 0. The normalized spacial score (nSPS) is 25.4. The Hall–Kier alpha value is -1.91. The zero-order chi connectivity index (χ0) is 18.7. The Labute approximate surface area is 155 Å². The molecular formula is C16H17N2O6S2-. The van der Waals surface area contributed by atoms with Gasteiger partial charge in [-0.05, 0) is 5.56 Å². The Balaban J connectivity index is 1.76. The van der Waals surface area contributed by atoms with Crippen molar-refractivity contribution in [3.8, 4) is 0 Å². The SMILES string of the molecule is O=C([O-])COCC(=O)N=C1S[C@H]2CS(=O)(=O)C[C@H]2N1Cc1ccccc1. The largest absolute Gasteiger partial charge is 0.548 e. The minimum absolute atomic E-state index is 0.0336. The number of ether oxygens (including phenoxy) is 1. The zero-order valence-electron chi connectivity index (χ0n) is 13.7. The number of aliphatic carboxylic acids is 1. The topological polar surface area (TPSA) is 116 Å². The number of fused-ring (bicyclic) bond motifs is 1. The first-order valence-corrected chi connectivity index (χ1v) is 10.6. The van der Waals surface area contributed by atoms with Crippen molar-refractivity contribution in [2.75, 3.05) is 24.7 Å². The van der Waals surface area contributed by atoms with Crippen LogP contribution in [0.4, 0.5) is 0 Å². The summed E-state index contributed by atoms with van der Waals surface area (Å²) < 4.78 is 28.6. The van der Waals surface area contributed by atoms with Gasteiger partial charge in [0.1, 0.15) is 6.61 Å². The van der Waals surface area contributed by atoms with Crippen LogP contribution < -0.4 is 5.11 Å². The molecule has 0 spiro atoms. The summed E-state index contributed by atoms with van der Waals surface area (Å²) in [7, 11) is -3.11. The Bertz CT molecular complexity index is 824. The Morgan fingerprint density at radius 1 is 1.23 bits per heavy atom. The van der Waals surface area contributed by atoms with Gasteiger partial charge in [-0.1, -0.05) is 42.1 Å². The molecule has 0 bridgehead atoms. The molecule has 10 heteroatoms. The van der Waals surface area contributed by atoms with Crippen LogP contribution in [-0.2, 0) is 30.7 Å². The molecule has 0 N–H and O–H groups in total. The maximum atomic E-state index is 11.9. The van der Waals surface area contributed by atoms with Gasteiger partial charge in [0.05, 0.1) is 30.1 Å². The van der Waals surface area contributed by atoms with Crippen molar-refractivity contribution in [2.24, 2.45) is 4.99 Å². The first kappa shape index (κ1) is 18.9. The van der Waals surface area contributed by atoms with Gasteiger partial charge in [-0.25, -0.2) is 8.42 Å². The number of carboxylic acids is 1. The van der Waals surface area contributed by atoms with Crippen molar-refractivity contribution in [2.45, 2.75) is 17.8 Å².